The summed E-state index contributed by atoms with van der Waals surface area (Å²) in [6.07, 6.45) is 0. The van der Waals surface area contributed by atoms with E-state index in [9.17, 15) is 13.2 Å². The summed E-state index contributed by atoms with van der Waals surface area (Å²) in [5, 5.41) is 2.34. The van der Waals surface area contributed by atoms with Gasteiger partial charge in [0.1, 0.15) is 0 Å². The van der Waals surface area contributed by atoms with Crippen LogP contribution < -0.4 is 15.8 Å². The van der Waals surface area contributed by atoms with E-state index in [1.807, 2.05) is 4.72 Å². The van der Waals surface area contributed by atoms with Crippen LogP contribution in [-0.4, -0.2) is 21.0 Å². The average Bonchev–Trinajstić information content (AvgIpc) is 2.21. The molecule has 0 spiro atoms. The first-order valence-corrected chi connectivity index (χ1v) is 6.52. The molecule has 7 heteroatoms. The van der Waals surface area contributed by atoms with Gasteiger partial charge in [-0.1, -0.05) is 0 Å². The van der Waals surface area contributed by atoms with Crippen molar-refractivity contribution in [3.05, 3.63) is 23.8 Å². The molecule has 1 rings (SSSR count). The molecule has 0 heterocycles. The third-order valence-electron chi connectivity index (χ3n) is 2.12. The van der Waals surface area contributed by atoms with Gasteiger partial charge in [0.05, 0.1) is 4.90 Å². The number of amides is 2. The molecule has 17 heavy (non-hydrogen) atoms. The van der Waals surface area contributed by atoms with Gasteiger partial charge in [-0.05, 0) is 37.6 Å². The molecule has 0 saturated carbocycles. The maximum Gasteiger partial charge on any atom is 0.328 e. The second kappa shape index (κ2) is 5.05. The minimum Gasteiger partial charge on any atom is -0.399 e. The van der Waals surface area contributed by atoms with Gasteiger partial charge < -0.3 is 11.1 Å². The molecule has 1 aromatic carbocycles. The molecular formula is C10H15N3O3S. The first-order valence-electron chi connectivity index (χ1n) is 5.03. The van der Waals surface area contributed by atoms with Crippen LogP contribution in [0, 0.1) is 6.92 Å². The van der Waals surface area contributed by atoms with Gasteiger partial charge in [0, 0.05) is 12.2 Å². The maximum atomic E-state index is 11.8. The molecule has 0 fully saturated rings. The van der Waals surface area contributed by atoms with Crippen LogP contribution in [0.4, 0.5) is 10.5 Å². The zero-order valence-corrected chi connectivity index (χ0v) is 10.5. The Bertz CT molecular complexity index is 526. The van der Waals surface area contributed by atoms with Crippen LogP contribution in [0.2, 0.25) is 0 Å². The molecular weight excluding hydrogens is 242 g/mol. The van der Waals surface area contributed by atoms with Crippen LogP contribution in [0.3, 0.4) is 0 Å². The SMILES string of the molecule is CCNC(=O)NS(=O)(=O)c1ccc(N)c(C)c1. The van der Waals surface area contributed by atoms with E-state index in [1.54, 1.807) is 13.8 Å². The maximum absolute atomic E-state index is 11.8. The molecule has 6 nitrogen and oxygen atoms in total. The van der Waals surface area contributed by atoms with Crippen LogP contribution in [0.15, 0.2) is 23.1 Å². The number of hydrogen-bond acceptors (Lipinski definition) is 4. The summed E-state index contributed by atoms with van der Waals surface area (Å²) in [4.78, 5) is 11.2. The van der Waals surface area contributed by atoms with E-state index >= 15 is 0 Å². The molecule has 0 aliphatic heterocycles. The monoisotopic (exact) mass is 257 g/mol. The highest BCUT2D eigenvalue weighted by Crippen LogP contribution is 2.16. The summed E-state index contributed by atoms with van der Waals surface area (Å²) in [6.45, 7) is 3.74. The van der Waals surface area contributed by atoms with E-state index in [0.29, 0.717) is 17.8 Å². The summed E-state index contributed by atoms with van der Waals surface area (Å²) in [5.74, 6) is 0. The lowest BCUT2D eigenvalue weighted by molar-refractivity contribution is 0.246. The van der Waals surface area contributed by atoms with Gasteiger partial charge in [-0.25, -0.2) is 17.9 Å². The molecule has 0 atom stereocenters. The minimum atomic E-state index is -3.84. The van der Waals surface area contributed by atoms with Gasteiger partial charge in [0.15, 0.2) is 0 Å². The van der Waals surface area contributed by atoms with E-state index < -0.39 is 16.1 Å². The van der Waals surface area contributed by atoms with Gasteiger partial charge in [0.25, 0.3) is 10.0 Å². The number of nitrogens with one attached hydrogen (secondary N) is 2. The highest BCUT2D eigenvalue weighted by atomic mass is 32.2. The largest absolute Gasteiger partial charge is 0.399 e. The van der Waals surface area contributed by atoms with Crippen molar-refractivity contribution in [2.45, 2.75) is 18.7 Å². The van der Waals surface area contributed by atoms with E-state index in [4.69, 9.17) is 5.73 Å². The van der Waals surface area contributed by atoms with E-state index in [-0.39, 0.29) is 4.90 Å². The molecule has 4 N–H and O–H groups in total. The fourth-order valence-electron chi connectivity index (χ4n) is 1.19. The van der Waals surface area contributed by atoms with Crippen molar-refractivity contribution in [1.29, 1.82) is 0 Å². The lowest BCUT2D eigenvalue weighted by Gasteiger charge is -2.08. The van der Waals surface area contributed by atoms with E-state index in [0.717, 1.165) is 0 Å². The third kappa shape index (κ3) is 3.35. The number of nitrogens with two attached hydrogens (primary N) is 1. The van der Waals surface area contributed by atoms with Gasteiger partial charge in [-0.15, -0.1) is 0 Å². The molecule has 0 radical (unpaired) electrons. The first kappa shape index (κ1) is 13.3. The molecule has 0 aliphatic rings. The predicted molar refractivity (Wildman–Crippen MR) is 65.0 cm³/mol. The average molecular weight is 257 g/mol. The number of hydrogen-bond donors (Lipinski definition) is 3. The summed E-state index contributed by atoms with van der Waals surface area (Å²) in [6, 6.07) is 3.50. The highest BCUT2D eigenvalue weighted by Gasteiger charge is 2.17. The Kier molecular flexibility index (Phi) is 3.95. The van der Waals surface area contributed by atoms with Crippen molar-refractivity contribution < 1.29 is 13.2 Å². The standard InChI is InChI=1S/C10H15N3O3S/c1-3-12-10(14)13-17(15,16)8-4-5-9(11)7(2)6-8/h4-6H,3,11H2,1-2H3,(H2,12,13,14). The lowest BCUT2D eigenvalue weighted by Crippen LogP contribution is -2.39. The zero-order valence-electron chi connectivity index (χ0n) is 9.65. The number of benzene rings is 1. The van der Waals surface area contributed by atoms with Gasteiger partial charge >= 0.3 is 6.03 Å². The molecule has 0 aromatic heterocycles. The predicted octanol–water partition coefficient (Wildman–Crippen LogP) is 0.585. The topological polar surface area (TPSA) is 101 Å². The Morgan fingerprint density at radius 2 is 2.06 bits per heavy atom. The number of anilines is 1. The van der Waals surface area contributed by atoms with Crippen molar-refractivity contribution in [3.8, 4) is 0 Å². The number of carbonyl (C=O) groups excluding carboxylic acids is 1. The van der Waals surface area contributed by atoms with Crippen molar-refractivity contribution in [1.82, 2.24) is 10.0 Å². The molecule has 2 amide bonds. The van der Waals surface area contributed by atoms with Gasteiger partial charge in [-0.2, -0.15) is 0 Å². The number of rotatable bonds is 3. The quantitative estimate of drug-likeness (QED) is 0.689. The van der Waals surface area contributed by atoms with Crippen LogP contribution in [-0.2, 0) is 10.0 Å². The van der Waals surface area contributed by atoms with Crippen molar-refractivity contribution in [2.75, 3.05) is 12.3 Å². The van der Waals surface area contributed by atoms with Crippen LogP contribution >= 0.6 is 0 Å². The first-order chi connectivity index (χ1) is 7.86. The summed E-state index contributed by atoms with van der Waals surface area (Å²) >= 11 is 0. The molecule has 0 bridgehead atoms. The lowest BCUT2D eigenvalue weighted by atomic mass is 10.2. The fourth-order valence-corrected chi connectivity index (χ4v) is 2.21. The van der Waals surface area contributed by atoms with Crippen molar-refractivity contribution in [2.24, 2.45) is 0 Å². The van der Waals surface area contributed by atoms with E-state index in [2.05, 4.69) is 5.32 Å². The van der Waals surface area contributed by atoms with Crippen LogP contribution in [0.25, 0.3) is 0 Å². The molecule has 0 aliphatic carbocycles. The number of nitrogen functional groups attached to an aromatic ring is 1. The molecule has 1 aromatic rings. The summed E-state index contributed by atoms with van der Waals surface area (Å²) < 4.78 is 25.4. The molecule has 0 unspecified atom stereocenters. The Hall–Kier alpha value is -1.76. The Morgan fingerprint density at radius 3 is 2.59 bits per heavy atom. The van der Waals surface area contributed by atoms with Gasteiger partial charge in [0.2, 0.25) is 0 Å². The molecule has 94 valence electrons. The zero-order chi connectivity index (χ0) is 13.1. The van der Waals surface area contributed by atoms with Crippen LogP contribution in [0.1, 0.15) is 12.5 Å². The van der Waals surface area contributed by atoms with Crippen molar-refractivity contribution in [3.63, 3.8) is 0 Å². The number of sulfonamides is 1. The number of carbonyl (C=O) groups is 1. The second-order valence-corrected chi connectivity index (χ2v) is 5.17. The fraction of sp³-hybridized carbons (Fsp3) is 0.300. The highest BCUT2D eigenvalue weighted by molar-refractivity contribution is 7.90. The van der Waals surface area contributed by atoms with Crippen molar-refractivity contribution >= 4 is 21.7 Å². The normalized spacial score (nSPS) is 10.9. The number of aryl methyl sites for hydroxylation is 1. The second-order valence-electron chi connectivity index (χ2n) is 3.48. The Morgan fingerprint density at radius 1 is 1.41 bits per heavy atom. The Balaban J connectivity index is 2.97. The Labute approximate surface area is 100 Å². The van der Waals surface area contributed by atoms with E-state index in [1.165, 1.54) is 18.2 Å². The smallest absolute Gasteiger partial charge is 0.328 e. The molecule has 0 saturated heterocycles. The minimum absolute atomic E-state index is 0.00968. The summed E-state index contributed by atoms with van der Waals surface area (Å²) in [5.41, 5.74) is 6.73. The van der Waals surface area contributed by atoms with Crippen LogP contribution in [0.5, 0.6) is 0 Å². The number of urea groups is 1. The third-order valence-corrected chi connectivity index (χ3v) is 3.44. The summed E-state index contributed by atoms with van der Waals surface area (Å²) in [7, 11) is -3.84. The van der Waals surface area contributed by atoms with Gasteiger partial charge in [-0.3, -0.25) is 0 Å².